The van der Waals surface area contributed by atoms with Crippen LogP contribution in [0.3, 0.4) is 0 Å². The fraction of sp³-hybridized carbons (Fsp3) is 0.0625. The van der Waals surface area contributed by atoms with Gasteiger partial charge in [0.15, 0.2) is 5.82 Å². The van der Waals surface area contributed by atoms with Gasteiger partial charge in [-0.1, -0.05) is 0 Å². The number of nitrogens with zero attached hydrogens (tertiary/aromatic N) is 1. The minimum Gasteiger partial charge on any atom is -0.336 e. The Labute approximate surface area is 123 Å². The Hall–Kier alpha value is -2.76. The Balaban J connectivity index is 1.73. The predicted molar refractivity (Wildman–Crippen MR) is 76.4 cm³/mol. The molecule has 4 rings (SSSR count). The maximum atomic E-state index is 13.7. The molecular weight excluding hydrogens is 291 g/mol. The van der Waals surface area contributed by atoms with E-state index in [4.69, 9.17) is 0 Å². The minimum absolute atomic E-state index is 0.0106. The molecule has 1 aromatic heterocycles. The summed E-state index contributed by atoms with van der Waals surface area (Å²) in [7, 11) is 0. The Morgan fingerprint density at radius 2 is 1.77 bits per heavy atom. The lowest BCUT2D eigenvalue weighted by Gasteiger charge is -2.06. The van der Waals surface area contributed by atoms with Gasteiger partial charge in [0, 0.05) is 23.6 Å². The number of anilines is 2. The van der Waals surface area contributed by atoms with Gasteiger partial charge in [-0.25, -0.2) is 13.2 Å². The number of aromatic amines is 1. The highest BCUT2D eigenvalue weighted by molar-refractivity contribution is 5.79. The van der Waals surface area contributed by atoms with Gasteiger partial charge in [0.25, 0.3) is 0 Å². The lowest BCUT2D eigenvalue weighted by Crippen LogP contribution is -1.98. The zero-order valence-corrected chi connectivity index (χ0v) is 11.3. The van der Waals surface area contributed by atoms with Crippen LogP contribution in [-0.2, 0) is 6.42 Å². The summed E-state index contributed by atoms with van der Waals surface area (Å²) in [4.78, 5) is 0. The van der Waals surface area contributed by atoms with Gasteiger partial charge in [-0.3, -0.25) is 5.10 Å². The van der Waals surface area contributed by atoms with Crippen LogP contribution < -0.4 is 5.32 Å². The highest BCUT2D eigenvalue weighted by Crippen LogP contribution is 2.39. The molecule has 2 N–H and O–H groups in total. The molecule has 3 nitrogen and oxygen atoms in total. The number of benzene rings is 2. The number of hydrogen-bond donors (Lipinski definition) is 2. The number of aromatic nitrogens is 2. The van der Waals surface area contributed by atoms with E-state index in [0.29, 0.717) is 12.2 Å². The Morgan fingerprint density at radius 1 is 1.00 bits per heavy atom. The number of fused-ring (bicyclic) bond motifs is 3. The SMILES string of the molecule is Fc1ccc2c(c1)Cc1c(Nc3cc(F)ccc3F)n[nH]c1-2. The van der Waals surface area contributed by atoms with Crippen LogP contribution >= 0.6 is 0 Å². The van der Waals surface area contributed by atoms with Crippen LogP contribution in [-0.4, -0.2) is 10.2 Å². The molecule has 6 heteroatoms. The molecule has 0 bridgehead atoms. The molecule has 110 valence electrons. The van der Waals surface area contributed by atoms with E-state index in [1.54, 1.807) is 6.07 Å². The fourth-order valence-corrected chi connectivity index (χ4v) is 2.73. The summed E-state index contributed by atoms with van der Waals surface area (Å²) in [5.41, 5.74) is 3.30. The first kappa shape index (κ1) is 12.9. The van der Waals surface area contributed by atoms with Gasteiger partial charge >= 0.3 is 0 Å². The molecular formula is C16H10F3N3. The standard InChI is InChI=1S/C16H10F3N3/c17-9-1-3-11-8(5-9)6-12-15(11)21-22-16(12)20-14-7-10(18)2-4-13(14)19/h1-5,7H,6H2,(H2,20,21,22). The summed E-state index contributed by atoms with van der Waals surface area (Å²) in [6, 6.07) is 7.70. The summed E-state index contributed by atoms with van der Waals surface area (Å²) >= 11 is 0. The zero-order chi connectivity index (χ0) is 15.3. The molecule has 0 saturated carbocycles. The Kier molecular flexibility index (Phi) is 2.72. The second kappa shape index (κ2) is 4.62. The van der Waals surface area contributed by atoms with Gasteiger partial charge < -0.3 is 5.32 Å². The smallest absolute Gasteiger partial charge is 0.156 e. The molecule has 2 aromatic carbocycles. The molecule has 1 heterocycles. The first-order valence-electron chi connectivity index (χ1n) is 6.70. The normalized spacial score (nSPS) is 12.1. The maximum absolute atomic E-state index is 13.7. The average molecular weight is 301 g/mol. The van der Waals surface area contributed by atoms with Gasteiger partial charge in [0.05, 0.1) is 11.4 Å². The van der Waals surface area contributed by atoms with E-state index in [-0.39, 0.29) is 11.5 Å². The third-order valence-electron chi connectivity index (χ3n) is 3.75. The van der Waals surface area contributed by atoms with Crippen LogP contribution in [0.1, 0.15) is 11.1 Å². The lowest BCUT2D eigenvalue weighted by molar-refractivity contribution is 0.603. The fourth-order valence-electron chi connectivity index (χ4n) is 2.73. The van der Waals surface area contributed by atoms with E-state index in [9.17, 15) is 13.2 Å². The molecule has 0 fully saturated rings. The monoisotopic (exact) mass is 301 g/mol. The van der Waals surface area contributed by atoms with E-state index < -0.39 is 11.6 Å². The van der Waals surface area contributed by atoms with Crippen molar-refractivity contribution in [2.45, 2.75) is 6.42 Å². The lowest BCUT2D eigenvalue weighted by atomic mass is 10.1. The molecule has 22 heavy (non-hydrogen) atoms. The van der Waals surface area contributed by atoms with E-state index in [0.717, 1.165) is 40.6 Å². The van der Waals surface area contributed by atoms with Crippen LogP contribution in [0.2, 0.25) is 0 Å². The van der Waals surface area contributed by atoms with Crippen molar-refractivity contribution in [3.8, 4) is 11.3 Å². The molecule has 3 aromatic rings. The molecule has 0 atom stereocenters. The van der Waals surface area contributed by atoms with Crippen LogP contribution in [0.25, 0.3) is 11.3 Å². The minimum atomic E-state index is -0.570. The van der Waals surface area contributed by atoms with E-state index >= 15 is 0 Å². The van der Waals surface area contributed by atoms with Crippen molar-refractivity contribution in [2.75, 3.05) is 5.32 Å². The number of hydrogen-bond acceptors (Lipinski definition) is 2. The zero-order valence-electron chi connectivity index (χ0n) is 11.3. The molecule has 0 saturated heterocycles. The average Bonchev–Trinajstić information content (AvgIpc) is 3.02. The summed E-state index contributed by atoms with van der Waals surface area (Å²) < 4.78 is 40.2. The van der Waals surface area contributed by atoms with E-state index in [2.05, 4.69) is 15.5 Å². The number of nitrogens with one attached hydrogen (secondary N) is 2. The summed E-state index contributed by atoms with van der Waals surface area (Å²) in [6.07, 6.45) is 0.484. The third kappa shape index (κ3) is 1.95. The first-order chi connectivity index (χ1) is 10.6. The Morgan fingerprint density at radius 3 is 2.64 bits per heavy atom. The Bertz CT molecular complexity index is 886. The van der Waals surface area contributed by atoms with Crippen molar-refractivity contribution in [2.24, 2.45) is 0 Å². The first-order valence-corrected chi connectivity index (χ1v) is 6.70. The highest BCUT2D eigenvalue weighted by atomic mass is 19.1. The van der Waals surface area contributed by atoms with E-state index in [1.807, 2.05) is 0 Å². The molecule has 0 amide bonds. The van der Waals surface area contributed by atoms with Crippen LogP contribution in [0.15, 0.2) is 36.4 Å². The quantitative estimate of drug-likeness (QED) is 0.584. The molecule has 0 spiro atoms. The largest absolute Gasteiger partial charge is 0.336 e. The molecule has 1 aliphatic carbocycles. The van der Waals surface area contributed by atoms with Gasteiger partial charge in [-0.15, -0.1) is 0 Å². The second-order valence-corrected chi connectivity index (χ2v) is 5.15. The molecule has 0 unspecified atom stereocenters. The summed E-state index contributed by atoms with van der Waals surface area (Å²) in [6.45, 7) is 0. The molecule has 0 radical (unpaired) electrons. The van der Waals surface area contributed by atoms with Crippen molar-refractivity contribution >= 4 is 11.5 Å². The van der Waals surface area contributed by atoms with Gasteiger partial charge in [-0.05, 0) is 35.9 Å². The number of rotatable bonds is 2. The van der Waals surface area contributed by atoms with Crippen LogP contribution in [0.5, 0.6) is 0 Å². The van der Waals surface area contributed by atoms with Crippen LogP contribution in [0, 0.1) is 17.5 Å². The predicted octanol–water partition coefficient (Wildman–Crippen LogP) is 4.14. The van der Waals surface area contributed by atoms with Crippen molar-refractivity contribution in [1.29, 1.82) is 0 Å². The third-order valence-corrected chi connectivity index (χ3v) is 3.75. The molecule has 0 aliphatic heterocycles. The number of halogens is 3. The van der Waals surface area contributed by atoms with Crippen molar-refractivity contribution < 1.29 is 13.2 Å². The van der Waals surface area contributed by atoms with Gasteiger partial charge in [-0.2, -0.15) is 5.10 Å². The second-order valence-electron chi connectivity index (χ2n) is 5.15. The molecule has 1 aliphatic rings. The van der Waals surface area contributed by atoms with Gasteiger partial charge in [0.2, 0.25) is 0 Å². The van der Waals surface area contributed by atoms with Crippen molar-refractivity contribution in [1.82, 2.24) is 10.2 Å². The van der Waals surface area contributed by atoms with E-state index in [1.165, 1.54) is 12.1 Å². The highest BCUT2D eigenvalue weighted by Gasteiger charge is 2.25. The van der Waals surface area contributed by atoms with Crippen LogP contribution in [0.4, 0.5) is 24.7 Å². The number of H-pyrrole nitrogens is 1. The maximum Gasteiger partial charge on any atom is 0.156 e. The summed E-state index contributed by atoms with van der Waals surface area (Å²) in [5.74, 6) is -1.00. The van der Waals surface area contributed by atoms with Gasteiger partial charge in [0.1, 0.15) is 17.5 Å². The summed E-state index contributed by atoms with van der Waals surface area (Å²) in [5, 5.41) is 9.76. The topological polar surface area (TPSA) is 40.7 Å². The van der Waals surface area contributed by atoms with Crippen molar-refractivity contribution in [3.05, 3.63) is 65.0 Å². The van der Waals surface area contributed by atoms with Crippen molar-refractivity contribution in [3.63, 3.8) is 0 Å².